The van der Waals surface area contributed by atoms with Crippen molar-refractivity contribution >= 4 is 23.1 Å². The van der Waals surface area contributed by atoms with Gasteiger partial charge in [-0.05, 0) is 18.9 Å². The van der Waals surface area contributed by atoms with Crippen LogP contribution in [0.15, 0.2) is 12.1 Å². The molecular weight excluding hydrogens is 246 g/mol. The molecule has 1 fully saturated rings. The van der Waals surface area contributed by atoms with Crippen molar-refractivity contribution in [2.45, 2.75) is 12.8 Å². The number of Topliss-reactive ketones (excluding diaryl/α,β-unsaturated/α-hetero) is 1. The van der Waals surface area contributed by atoms with Crippen molar-refractivity contribution in [2.24, 2.45) is 5.92 Å². The lowest BCUT2D eigenvalue weighted by Crippen LogP contribution is -2.06. The topological polar surface area (TPSA) is 69.4 Å². The Morgan fingerprint density at radius 1 is 1.53 bits per heavy atom. The van der Waals surface area contributed by atoms with Gasteiger partial charge >= 0.3 is 5.69 Å². The molecule has 1 aromatic rings. The minimum atomic E-state index is -0.603. The normalized spacial score (nSPS) is 14.5. The maximum atomic E-state index is 12.0. The Bertz CT molecular complexity index is 496. The number of nitro groups is 1. The minimum Gasteiger partial charge on any atom is -0.490 e. The monoisotopic (exact) mass is 255 g/mol. The number of hydrogen-bond acceptors (Lipinski definition) is 4. The molecule has 0 bridgehead atoms. The molecule has 0 aliphatic heterocycles. The predicted octanol–water partition coefficient (Wildman–Crippen LogP) is 2.85. The standard InChI is InChI=1S/C11H10ClNO4/c1-17-11-8(10(14)6-2-3-6)4-7(12)5-9(11)13(15)16/h4-6H,2-3H2,1H3. The fourth-order valence-corrected chi connectivity index (χ4v) is 1.89. The summed E-state index contributed by atoms with van der Waals surface area (Å²) >= 11 is 5.78. The summed E-state index contributed by atoms with van der Waals surface area (Å²) in [4.78, 5) is 22.2. The Hall–Kier alpha value is -1.62. The highest BCUT2D eigenvalue weighted by atomic mass is 35.5. The van der Waals surface area contributed by atoms with Crippen molar-refractivity contribution in [1.82, 2.24) is 0 Å². The van der Waals surface area contributed by atoms with Crippen LogP contribution in [0.2, 0.25) is 5.02 Å². The number of ketones is 1. The number of carbonyl (C=O) groups is 1. The first-order chi connectivity index (χ1) is 8.04. The molecule has 0 unspecified atom stereocenters. The summed E-state index contributed by atoms with van der Waals surface area (Å²) in [7, 11) is 1.31. The van der Waals surface area contributed by atoms with Crippen LogP contribution in [0.1, 0.15) is 23.2 Å². The van der Waals surface area contributed by atoms with Gasteiger partial charge in [-0.2, -0.15) is 0 Å². The first kappa shape index (κ1) is 11.9. The molecule has 0 saturated heterocycles. The highest BCUT2D eigenvalue weighted by Crippen LogP contribution is 2.40. The molecule has 0 aromatic heterocycles. The summed E-state index contributed by atoms with van der Waals surface area (Å²) in [6, 6.07) is 2.61. The molecule has 0 atom stereocenters. The smallest absolute Gasteiger partial charge is 0.313 e. The number of rotatable bonds is 4. The van der Waals surface area contributed by atoms with Crippen molar-refractivity contribution in [2.75, 3.05) is 7.11 Å². The van der Waals surface area contributed by atoms with Crippen LogP contribution in [0.4, 0.5) is 5.69 Å². The summed E-state index contributed by atoms with van der Waals surface area (Å²) in [5.74, 6) is -0.175. The van der Waals surface area contributed by atoms with E-state index in [0.29, 0.717) is 0 Å². The molecule has 1 saturated carbocycles. The van der Waals surface area contributed by atoms with E-state index in [2.05, 4.69) is 0 Å². The van der Waals surface area contributed by atoms with Gasteiger partial charge in [0.25, 0.3) is 0 Å². The third kappa shape index (κ3) is 2.24. The van der Waals surface area contributed by atoms with E-state index in [1.54, 1.807) is 0 Å². The summed E-state index contributed by atoms with van der Waals surface area (Å²) in [5, 5.41) is 11.0. The predicted molar refractivity (Wildman–Crippen MR) is 61.7 cm³/mol. The van der Waals surface area contributed by atoms with Crippen molar-refractivity contribution in [3.05, 3.63) is 32.8 Å². The van der Waals surface area contributed by atoms with Gasteiger partial charge in [0.15, 0.2) is 5.78 Å². The summed E-state index contributed by atoms with van der Waals surface area (Å²) in [6.07, 6.45) is 1.64. The highest BCUT2D eigenvalue weighted by Gasteiger charge is 2.34. The molecule has 0 amide bonds. The fraction of sp³-hybridized carbons (Fsp3) is 0.364. The molecule has 90 valence electrons. The van der Waals surface area contributed by atoms with E-state index in [9.17, 15) is 14.9 Å². The molecular formula is C11H10ClNO4. The van der Waals surface area contributed by atoms with Crippen molar-refractivity contribution in [3.8, 4) is 5.75 Å². The van der Waals surface area contributed by atoms with Crippen molar-refractivity contribution in [3.63, 3.8) is 0 Å². The fourth-order valence-electron chi connectivity index (χ4n) is 1.68. The van der Waals surface area contributed by atoms with Gasteiger partial charge in [0, 0.05) is 17.0 Å². The van der Waals surface area contributed by atoms with E-state index in [1.165, 1.54) is 19.2 Å². The highest BCUT2D eigenvalue weighted by molar-refractivity contribution is 6.31. The van der Waals surface area contributed by atoms with Crippen LogP contribution in [0.25, 0.3) is 0 Å². The van der Waals surface area contributed by atoms with Crippen LogP contribution >= 0.6 is 11.6 Å². The first-order valence-electron chi connectivity index (χ1n) is 5.10. The van der Waals surface area contributed by atoms with E-state index in [4.69, 9.17) is 16.3 Å². The van der Waals surface area contributed by atoms with Crippen LogP contribution in [0.5, 0.6) is 5.75 Å². The van der Waals surface area contributed by atoms with Gasteiger partial charge in [0.05, 0.1) is 17.6 Å². The third-order valence-electron chi connectivity index (χ3n) is 2.65. The molecule has 6 heteroatoms. The van der Waals surface area contributed by atoms with Crippen molar-refractivity contribution < 1.29 is 14.5 Å². The molecule has 0 heterocycles. The van der Waals surface area contributed by atoms with Crippen LogP contribution in [-0.2, 0) is 0 Å². The summed E-state index contributed by atoms with van der Waals surface area (Å²) < 4.78 is 4.97. The summed E-state index contributed by atoms with van der Waals surface area (Å²) in [6.45, 7) is 0. The van der Waals surface area contributed by atoms with Gasteiger partial charge in [-0.3, -0.25) is 14.9 Å². The second-order valence-corrected chi connectivity index (χ2v) is 4.34. The Morgan fingerprint density at radius 2 is 2.18 bits per heavy atom. The zero-order chi connectivity index (χ0) is 12.6. The van der Waals surface area contributed by atoms with Gasteiger partial charge in [0.1, 0.15) is 0 Å². The van der Waals surface area contributed by atoms with Gasteiger partial charge < -0.3 is 4.74 Å². The van der Waals surface area contributed by atoms with E-state index in [1.807, 2.05) is 0 Å². The third-order valence-corrected chi connectivity index (χ3v) is 2.87. The minimum absolute atomic E-state index is 0.00343. The molecule has 1 aliphatic carbocycles. The number of benzene rings is 1. The maximum absolute atomic E-state index is 12.0. The lowest BCUT2D eigenvalue weighted by molar-refractivity contribution is -0.385. The van der Waals surface area contributed by atoms with Crippen molar-refractivity contribution in [1.29, 1.82) is 0 Å². The van der Waals surface area contributed by atoms with Crippen LogP contribution in [0.3, 0.4) is 0 Å². The van der Waals surface area contributed by atoms with E-state index in [-0.39, 0.29) is 33.7 Å². The second kappa shape index (κ2) is 4.33. The molecule has 2 rings (SSSR count). The number of nitro benzene ring substituents is 1. The molecule has 0 radical (unpaired) electrons. The molecule has 17 heavy (non-hydrogen) atoms. The number of methoxy groups -OCH3 is 1. The quantitative estimate of drug-likeness (QED) is 0.471. The Labute approximate surface area is 102 Å². The summed E-state index contributed by atoms with van der Waals surface area (Å²) in [5.41, 5.74) is -0.0711. The Kier molecular flexibility index (Phi) is 3.02. The van der Waals surface area contributed by atoms with Gasteiger partial charge in [0.2, 0.25) is 5.75 Å². The van der Waals surface area contributed by atoms with Gasteiger partial charge in [-0.15, -0.1) is 0 Å². The SMILES string of the molecule is COc1c(C(=O)C2CC2)cc(Cl)cc1[N+](=O)[O-]. The van der Waals surface area contributed by atoms with Crippen LogP contribution in [0, 0.1) is 16.0 Å². The Morgan fingerprint density at radius 3 is 2.65 bits per heavy atom. The lowest BCUT2D eigenvalue weighted by Gasteiger charge is -2.08. The average molecular weight is 256 g/mol. The molecule has 1 aromatic carbocycles. The van der Waals surface area contributed by atoms with E-state index in [0.717, 1.165) is 12.8 Å². The van der Waals surface area contributed by atoms with E-state index < -0.39 is 4.92 Å². The molecule has 0 N–H and O–H groups in total. The largest absolute Gasteiger partial charge is 0.490 e. The molecule has 1 aliphatic rings. The number of carbonyl (C=O) groups excluding carboxylic acids is 1. The number of hydrogen-bond donors (Lipinski definition) is 0. The molecule has 0 spiro atoms. The zero-order valence-corrected chi connectivity index (χ0v) is 9.86. The van der Waals surface area contributed by atoms with Gasteiger partial charge in [-0.1, -0.05) is 11.6 Å². The van der Waals surface area contributed by atoms with E-state index >= 15 is 0 Å². The van der Waals surface area contributed by atoms with Crippen LogP contribution in [-0.4, -0.2) is 17.8 Å². The number of halogens is 1. The average Bonchev–Trinajstić information content (AvgIpc) is 3.10. The number of nitrogens with zero attached hydrogens (tertiary/aromatic N) is 1. The second-order valence-electron chi connectivity index (χ2n) is 3.90. The zero-order valence-electron chi connectivity index (χ0n) is 9.10. The van der Waals surface area contributed by atoms with Crippen LogP contribution < -0.4 is 4.74 Å². The lowest BCUT2D eigenvalue weighted by atomic mass is 10.0. The van der Waals surface area contributed by atoms with Gasteiger partial charge in [-0.25, -0.2) is 0 Å². The molecule has 5 nitrogen and oxygen atoms in total. The maximum Gasteiger partial charge on any atom is 0.313 e. The first-order valence-corrected chi connectivity index (χ1v) is 5.48. The number of ether oxygens (including phenoxy) is 1. The Balaban J connectivity index is 2.56.